The van der Waals surface area contributed by atoms with Gasteiger partial charge in [-0.1, -0.05) is 0 Å². The van der Waals surface area contributed by atoms with E-state index >= 15 is 0 Å². The average molecular weight is 189 g/mol. The highest BCUT2D eigenvalue weighted by molar-refractivity contribution is 5.91. The van der Waals surface area contributed by atoms with Gasteiger partial charge >= 0.3 is 0 Å². The number of anilines is 1. The van der Waals surface area contributed by atoms with Crippen molar-refractivity contribution >= 4 is 16.6 Å². The van der Waals surface area contributed by atoms with Gasteiger partial charge in [-0.3, -0.25) is 4.79 Å². The molecule has 0 amide bonds. The summed E-state index contributed by atoms with van der Waals surface area (Å²) in [6.45, 7) is 1.90. The van der Waals surface area contributed by atoms with Gasteiger partial charge in [0.05, 0.1) is 5.39 Å². The quantitative estimate of drug-likeness (QED) is 0.710. The van der Waals surface area contributed by atoms with Crippen LogP contribution in [0.15, 0.2) is 23.1 Å². The summed E-state index contributed by atoms with van der Waals surface area (Å²) in [6, 6.07) is 3.76. The van der Waals surface area contributed by atoms with Crippen molar-refractivity contribution in [2.45, 2.75) is 6.92 Å². The predicted molar refractivity (Wildman–Crippen MR) is 56.6 cm³/mol. The first kappa shape index (κ1) is 8.74. The molecule has 0 bridgehead atoms. The normalized spacial score (nSPS) is 10.4. The van der Waals surface area contributed by atoms with E-state index in [4.69, 9.17) is 0 Å². The second-order valence-electron chi connectivity index (χ2n) is 3.13. The number of hydrogen-bond donors (Lipinski definition) is 2. The first-order valence-electron chi connectivity index (χ1n) is 4.39. The van der Waals surface area contributed by atoms with Crippen LogP contribution in [-0.4, -0.2) is 17.0 Å². The third-order valence-electron chi connectivity index (χ3n) is 2.12. The van der Waals surface area contributed by atoms with Gasteiger partial charge in [0.1, 0.15) is 5.82 Å². The van der Waals surface area contributed by atoms with Crippen LogP contribution in [0.5, 0.6) is 0 Å². The largest absolute Gasteiger partial charge is 0.372 e. The number of aromatic nitrogens is 2. The minimum atomic E-state index is -0.112. The Labute approximate surface area is 81.0 Å². The lowest BCUT2D eigenvalue weighted by Crippen LogP contribution is -2.09. The SMILES string of the molecule is CNc1nc(C)cc2cc[nH]c(=O)c12. The van der Waals surface area contributed by atoms with E-state index in [-0.39, 0.29) is 5.56 Å². The van der Waals surface area contributed by atoms with Gasteiger partial charge in [0.15, 0.2) is 0 Å². The molecule has 0 atom stereocenters. The van der Waals surface area contributed by atoms with Crippen LogP contribution in [0.25, 0.3) is 10.8 Å². The van der Waals surface area contributed by atoms with Gasteiger partial charge in [0, 0.05) is 18.9 Å². The first-order valence-corrected chi connectivity index (χ1v) is 4.39. The molecule has 2 aromatic rings. The Balaban J connectivity index is 2.96. The lowest BCUT2D eigenvalue weighted by atomic mass is 10.2. The molecule has 4 heteroatoms. The molecule has 0 aliphatic carbocycles. The van der Waals surface area contributed by atoms with Crippen molar-refractivity contribution in [1.29, 1.82) is 0 Å². The number of rotatable bonds is 1. The van der Waals surface area contributed by atoms with Crippen LogP contribution in [0.1, 0.15) is 5.69 Å². The second-order valence-corrected chi connectivity index (χ2v) is 3.13. The van der Waals surface area contributed by atoms with E-state index in [1.165, 1.54) is 0 Å². The van der Waals surface area contributed by atoms with E-state index in [0.29, 0.717) is 11.2 Å². The molecular formula is C10H11N3O. The van der Waals surface area contributed by atoms with Crippen LogP contribution in [0.3, 0.4) is 0 Å². The lowest BCUT2D eigenvalue weighted by molar-refractivity contribution is 1.19. The van der Waals surface area contributed by atoms with E-state index < -0.39 is 0 Å². The molecule has 0 fully saturated rings. The van der Waals surface area contributed by atoms with Crippen LogP contribution in [-0.2, 0) is 0 Å². The molecule has 2 aromatic heterocycles. The van der Waals surface area contributed by atoms with Gasteiger partial charge in [-0.2, -0.15) is 0 Å². The monoisotopic (exact) mass is 189 g/mol. The van der Waals surface area contributed by atoms with E-state index in [1.54, 1.807) is 13.2 Å². The van der Waals surface area contributed by atoms with Crippen molar-refractivity contribution in [2.24, 2.45) is 0 Å². The fraction of sp³-hybridized carbons (Fsp3) is 0.200. The molecule has 0 saturated heterocycles. The van der Waals surface area contributed by atoms with Crippen molar-refractivity contribution in [2.75, 3.05) is 12.4 Å². The van der Waals surface area contributed by atoms with E-state index in [1.807, 2.05) is 19.1 Å². The van der Waals surface area contributed by atoms with Crippen LogP contribution in [0, 0.1) is 6.92 Å². The zero-order valence-corrected chi connectivity index (χ0v) is 8.09. The Morgan fingerprint density at radius 2 is 2.29 bits per heavy atom. The number of H-pyrrole nitrogens is 1. The molecule has 2 heterocycles. The molecule has 2 N–H and O–H groups in total. The fourth-order valence-electron chi connectivity index (χ4n) is 1.53. The first-order chi connectivity index (χ1) is 6.72. The Hall–Kier alpha value is -1.84. The molecule has 14 heavy (non-hydrogen) atoms. The molecule has 2 rings (SSSR count). The topological polar surface area (TPSA) is 57.8 Å². The molecule has 72 valence electrons. The zero-order valence-electron chi connectivity index (χ0n) is 8.09. The van der Waals surface area contributed by atoms with Crippen LogP contribution >= 0.6 is 0 Å². The molecule has 0 aromatic carbocycles. The number of hydrogen-bond acceptors (Lipinski definition) is 3. The van der Waals surface area contributed by atoms with Gasteiger partial charge in [-0.05, 0) is 24.4 Å². The summed E-state index contributed by atoms with van der Waals surface area (Å²) in [7, 11) is 1.76. The Morgan fingerprint density at radius 3 is 3.00 bits per heavy atom. The Morgan fingerprint density at radius 1 is 1.50 bits per heavy atom. The maximum absolute atomic E-state index is 11.5. The molecule has 0 unspecified atom stereocenters. The molecule has 0 aliphatic rings. The summed E-state index contributed by atoms with van der Waals surface area (Å²) >= 11 is 0. The highest BCUT2D eigenvalue weighted by Gasteiger charge is 2.05. The van der Waals surface area contributed by atoms with Crippen molar-refractivity contribution in [1.82, 2.24) is 9.97 Å². The number of fused-ring (bicyclic) bond motifs is 1. The van der Waals surface area contributed by atoms with Crippen LogP contribution in [0.2, 0.25) is 0 Å². The summed E-state index contributed by atoms with van der Waals surface area (Å²) in [4.78, 5) is 18.4. The Kier molecular flexibility index (Phi) is 1.96. The van der Waals surface area contributed by atoms with Crippen LogP contribution < -0.4 is 10.9 Å². The number of pyridine rings is 2. The maximum Gasteiger partial charge on any atom is 0.259 e. The Bertz CT molecular complexity index is 530. The van der Waals surface area contributed by atoms with Gasteiger partial charge < -0.3 is 10.3 Å². The summed E-state index contributed by atoms with van der Waals surface area (Å²) in [6.07, 6.45) is 1.64. The van der Waals surface area contributed by atoms with Gasteiger partial charge in [-0.15, -0.1) is 0 Å². The van der Waals surface area contributed by atoms with E-state index in [9.17, 15) is 4.79 Å². The second kappa shape index (κ2) is 3.14. The van der Waals surface area contributed by atoms with Crippen molar-refractivity contribution in [3.8, 4) is 0 Å². The number of nitrogens with zero attached hydrogens (tertiary/aromatic N) is 1. The third kappa shape index (κ3) is 1.25. The smallest absolute Gasteiger partial charge is 0.259 e. The standard InChI is InChI=1S/C10H11N3O/c1-6-5-7-3-4-12-10(14)8(7)9(11-2)13-6/h3-5H,1-2H3,(H,11,13)(H,12,14). The summed E-state index contributed by atoms with van der Waals surface area (Å²) < 4.78 is 0. The third-order valence-corrected chi connectivity index (χ3v) is 2.12. The molecule has 0 radical (unpaired) electrons. The number of aryl methyl sites for hydroxylation is 1. The minimum absolute atomic E-state index is 0.112. The van der Waals surface area contributed by atoms with E-state index in [2.05, 4.69) is 15.3 Å². The summed E-state index contributed by atoms with van der Waals surface area (Å²) in [5, 5.41) is 4.44. The predicted octanol–water partition coefficient (Wildman–Crippen LogP) is 1.27. The number of nitrogens with one attached hydrogen (secondary N) is 2. The molecule has 0 saturated carbocycles. The van der Waals surface area contributed by atoms with Crippen molar-refractivity contribution < 1.29 is 0 Å². The van der Waals surface area contributed by atoms with Gasteiger partial charge in [-0.25, -0.2) is 4.98 Å². The van der Waals surface area contributed by atoms with Crippen molar-refractivity contribution in [3.63, 3.8) is 0 Å². The molecule has 4 nitrogen and oxygen atoms in total. The van der Waals surface area contributed by atoms with Gasteiger partial charge in [0.25, 0.3) is 5.56 Å². The summed E-state index contributed by atoms with van der Waals surface area (Å²) in [5.74, 6) is 0.627. The fourth-order valence-corrected chi connectivity index (χ4v) is 1.53. The minimum Gasteiger partial charge on any atom is -0.372 e. The highest BCUT2D eigenvalue weighted by Crippen LogP contribution is 2.17. The molecular weight excluding hydrogens is 178 g/mol. The van der Waals surface area contributed by atoms with Gasteiger partial charge in [0.2, 0.25) is 0 Å². The molecule has 0 aliphatic heterocycles. The van der Waals surface area contributed by atoms with Crippen molar-refractivity contribution in [3.05, 3.63) is 34.4 Å². The average Bonchev–Trinajstić information content (AvgIpc) is 2.16. The van der Waals surface area contributed by atoms with E-state index in [0.717, 1.165) is 11.1 Å². The zero-order chi connectivity index (χ0) is 10.1. The molecule has 0 spiro atoms. The lowest BCUT2D eigenvalue weighted by Gasteiger charge is -2.04. The highest BCUT2D eigenvalue weighted by atomic mass is 16.1. The van der Waals surface area contributed by atoms with Crippen LogP contribution in [0.4, 0.5) is 5.82 Å². The number of aromatic amines is 1. The maximum atomic E-state index is 11.5. The summed E-state index contributed by atoms with van der Waals surface area (Å²) in [5.41, 5.74) is 0.784.